The molecule has 0 saturated carbocycles. The second-order valence-electron chi connectivity index (χ2n) is 6.53. The second kappa shape index (κ2) is 7.80. The first-order valence-corrected chi connectivity index (χ1v) is 8.86. The molecule has 1 aliphatic heterocycles. The molecule has 0 amide bonds. The van der Waals surface area contributed by atoms with E-state index in [1.54, 1.807) is 11.8 Å². The lowest BCUT2D eigenvalue weighted by Gasteiger charge is -2.33. The van der Waals surface area contributed by atoms with Crippen LogP contribution in [-0.4, -0.2) is 68.5 Å². The van der Waals surface area contributed by atoms with Gasteiger partial charge in [-0.15, -0.1) is 0 Å². The summed E-state index contributed by atoms with van der Waals surface area (Å²) >= 11 is 0. The Labute approximate surface area is 156 Å². The fourth-order valence-electron chi connectivity index (χ4n) is 3.07. The monoisotopic (exact) mass is 370 g/mol. The van der Waals surface area contributed by atoms with Gasteiger partial charge in [0.25, 0.3) is 0 Å². The van der Waals surface area contributed by atoms with E-state index >= 15 is 0 Å². The van der Waals surface area contributed by atoms with Gasteiger partial charge in [0.05, 0.1) is 12.2 Å². The molecule has 4 rings (SSSR count). The number of nitrogens with zero attached hydrogens (tertiary/aromatic N) is 8. The van der Waals surface area contributed by atoms with Crippen molar-refractivity contribution in [1.29, 1.82) is 0 Å². The van der Waals surface area contributed by atoms with Crippen molar-refractivity contribution >= 4 is 5.95 Å². The maximum absolute atomic E-state index is 5.27. The van der Waals surface area contributed by atoms with Gasteiger partial charge >= 0.3 is 0 Å². The first-order chi connectivity index (χ1) is 13.2. The summed E-state index contributed by atoms with van der Waals surface area (Å²) in [4.78, 5) is 8.80. The maximum atomic E-state index is 5.27. The zero-order valence-corrected chi connectivity index (χ0v) is 15.4. The van der Waals surface area contributed by atoms with Crippen LogP contribution in [0.15, 0.2) is 28.8 Å². The van der Waals surface area contributed by atoms with Gasteiger partial charge in [0.15, 0.2) is 5.82 Å². The number of hydrogen-bond acceptors (Lipinski definition) is 9. The van der Waals surface area contributed by atoms with Crippen molar-refractivity contribution in [2.75, 3.05) is 38.2 Å². The molecular weight excluding hydrogens is 348 g/mol. The highest BCUT2D eigenvalue weighted by Gasteiger charge is 2.23. The quantitative estimate of drug-likeness (QED) is 0.624. The zero-order valence-electron chi connectivity index (χ0n) is 15.4. The number of piperazine rings is 1. The molecule has 0 spiro atoms. The van der Waals surface area contributed by atoms with E-state index in [0.717, 1.165) is 37.8 Å². The molecule has 3 aromatic rings. The van der Waals surface area contributed by atoms with Crippen molar-refractivity contribution in [2.24, 2.45) is 0 Å². The van der Waals surface area contributed by atoms with Gasteiger partial charge in [-0.05, 0) is 29.5 Å². The third-order valence-corrected chi connectivity index (χ3v) is 4.53. The van der Waals surface area contributed by atoms with Crippen LogP contribution in [-0.2, 0) is 17.9 Å². The van der Waals surface area contributed by atoms with Gasteiger partial charge in [-0.2, -0.15) is 9.67 Å². The first kappa shape index (κ1) is 17.6. The number of tetrazole rings is 1. The molecule has 0 N–H and O–H groups in total. The summed E-state index contributed by atoms with van der Waals surface area (Å²) < 4.78 is 12.1. The molecule has 0 atom stereocenters. The fourth-order valence-corrected chi connectivity index (χ4v) is 3.07. The van der Waals surface area contributed by atoms with Crippen LogP contribution >= 0.6 is 0 Å². The average Bonchev–Trinajstić information content (AvgIpc) is 3.33. The maximum Gasteiger partial charge on any atom is 0.250 e. The summed E-state index contributed by atoms with van der Waals surface area (Å²) in [6, 6.07) is 8.17. The molecule has 1 saturated heterocycles. The van der Waals surface area contributed by atoms with Gasteiger partial charge in [-0.3, -0.25) is 4.90 Å². The minimum Gasteiger partial charge on any atom is -0.377 e. The standard InChI is InChI=1S/C17H22N8O2/c1-13-3-5-14(6-4-13)25-17(19-21-22-25)24-9-7-23(8-10-24)11-16-18-15(12-26-2)20-27-16/h3-6H,7-12H2,1-2H3. The Morgan fingerprint density at radius 1 is 1.11 bits per heavy atom. The van der Waals surface area contributed by atoms with Crippen molar-refractivity contribution < 1.29 is 9.26 Å². The van der Waals surface area contributed by atoms with E-state index in [2.05, 4.69) is 54.5 Å². The van der Waals surface area contributed by atoms with Crippen LogP contribution < -0.4 is 4.90 Å². The molecule has 10 nitrogen and oxygen atoms in total. The summed E-state index contributed by atoms with van der Waals surface area (Å²) in [5, 5.41) is 16.1. The number of benzene rings is 1. The molecule has 1 aromatic carbocycles. The van der Waals surface area contributed by atoms with Crippen molar-refractivity contribution in [3.05, 3.63) is 41.5 Å². The van der Waals surface area contributed by atoms with Crippen LogP contribution in [0.5, 0.6) is 0 Å². The van der Waals surface area contributed by atoms with E-state index in [0.29, 0.717) is 24.9 Å². The summed E-state index contributed by atoms with van der Waals surface area (Å²) in [5.41, 5.74) is 2.16. The number of methoxy groups -OCH3 is 1. The molecule has 142 valence electrons. The molecule has 0 bridgehead atoms. The van der Waals surface area contributed by atoms with Crippen LogP contribution in [0.3, 0.4) is 0 Å². The normalized spacial score (nSPS) is 15.4. The minimum atomic E-state index is 0.360. The summed E-state index contributed by atoms with van der Waals surface area (Å²) in [5.74, 6) is 1.95. The summed E-state index contributed by atoms with van der Waals surface area (Å²) in [6.45, 7) is 6.43. The van der Waals surface area contributed by atoms with Crippen LogP contribution in [0.25, 0.3) is 5.69 Å². The molecule has 10 heteroatoms. The lowest BCUT2D eigenvalue weighted by atomic mass is 10.2. The summed E-state index contributed by atoms with van der Waals surface area (Å²) in [6.07, 6.45) is 0. The van der Waals surface area contributed by atoms with Crippen LogP contribution in [0.1, 0.15) is 17.3 Å². The molecule has 0 aliphatic carbocycles. The number of aromatic nitrogens is 6. The molecule has 27 heavy (non-hydrogen) atoms. The highest BCUT2D eigenvalue weighted by molar-refractivity contribution is 5.42. The zero-order chi connectivity index (χ0) is 18.6. The van der Waals surface area contributed by atoms with Crippen LogP contribution in [0.2, 0.25) is 0 Å². The van der Waals surface area contributed by atoms with E-state index in [9.17, 15) is 0 Å². The Kier molecular flexibility index (Phi) is 5.07. The molecule has 1 aliphatic rings. The molecule has 3 heterocycles. The van der Waals surface area contributed by atoms with Gasteiger partial charge in [-0.25, -0.2) is 0 Å². The lowest BCUT2D eigenvalue weighted by molar-refractivity contribution is 0.174. The fraction of sp³-hybridized carbons (Fsp3) is 0.471. The summed E-state index contributed by atoms with van der Waals surface area (Å²) in [7, 11) is 1.61. The average molecular weight is 370 g/mol. The topological polar surface area (TPSA) is 98.2 Å². The van der Waals surface area contributed by atoms with Crippen molar-refractivity contribution in [3.8, 4) is 5.69 Å². The van der Waals surface area contributed by atoms with Crippen molar-refractivity contribution in [2.45, 2.75) is 20.1 Å². The molecule has 1 fully saturated rings. The van der Waals surface area contributed by atoms with E-state index in [1.807, 2.05) is 12.1 Å². The Hall–Kier alpha value is -2.85. The third kappa shape index (κ3) is 3.96. The Morgan fingerprint density at radius 3 is 2.63 bits per heavy atom. The van der Waals surface area contributed by atoms with Gasteiger partial charge in [-0.1, -0.05) is 28.0 Å². The van der Waals surface area contributed by atoms with Crippen molar-refractivity contribution in [1.82, 2.24) is 35.2 Å². The Balaban J connectivity index is 1.38. The van der Waals surface area contributed by atoms with Crippen LogP contribution in [0.4, 0.5) is 5.95 Å². The van der Waals surface area contributed by atoms with Gasteiger partial charge in [0, 0.05) is 33.3 Å². The van der Waals surface area contributed by atoms with Gasteiger partial charge in [0.2, 0.25) is 11.8 Å². The number of hydrogen-bond donors (Lipinski definition) is 0. The number of anilines is 1. The number of ether oxygens (including phenoxy) is 1. The predicted molar refractivity (Wildman–Crippen MR) is 96.4 cm³/mol. The predicted octanol–water partition coefficient (Wildman–Crippen LogP) is 0.822. The van der Waals surface area contributed by atoms with Crippen molar-refractivity contribution in [3.63, 3.8) is 0 Å². The van der Waals surface area contributed by atoms with Gasteiger partial charge in [0.1, 0.15) is 6.61 Å². The van der Waals surface area contributed by atoms with Gasteiger partial charge < -0.3 is 14.2 Å². The molecular formula is C17H22N8O2. The smallest absolute Gasteiger partial charge is 0.250 e. The van der Waals surface area contributed by atoms with E-state index in [1.165, 1.54) is 5.56 Å². The second-order valence-corrected chi connectivity index (χ2v) is 6.53. The molecule has 0 radical (unpaired) electrons. The molecule has 2 aromatic heterocycles. The Morgan fingerprint density at radius 2 is 1.89 bits per heavy atom. The SMILES string of the molecule is COCc1noc(CN2CCN(c3nnnn3-c3ccc(C)cc3)CC2)n1. The number of aryl methyl sites for hydroxylation is 1. The Bertz CT molecular complexity index is 867. The minimum absolute atomic E-state index is 0.360. The largest absolute Gasteiger partial charge is 0.377 e. The van der Waals surface area contributed by atoms with E-state index < -0.39 is 0 Å². The third-order valence-electron chi connectivity index (χ3n) is 4.53. The molecule has 0 unspecified atom stereocenters. The van der Waals surface area contributed by atoms with E-state index in [4.69, 9.17) is 9.26 Å². The number of rotatable bonds is 6. The van der Waals surface area contributed by atoms with Crippen LogP contribution in [0, 0.1) is 6.92 Å². The first-order valence-electron chi connectivity index (χ1n) is 8.86. The highest BCUT2D eigenvalue weighted by Crippen LogP contribution is 2.18. The van der Waals surface area contributed by atoms with E-state index in [-0.39, 0.29) is 0 Å². The highest BCUT2D eigenvalue weighted by atomic mass is 16.5. The lowest BCUT2D eigenvalue weighted by Crippen LogP contribution is -2.46.